The van der Waals surface area contributed by atoms with Crippen LogP contribution in [0.3, 0.4) is 0 Å². The van der Waals surface area contributed by atoms with Crippen LogP contribution in [0, 0.1) is 0 Å². The number of aryl methyl sites for hydroxylation is 1. The summed E-state index contributed by atoms with van der Waals surface area (Å²) in [5.74, 6) is 0.950. The van der Waals surface area contributed by atoms with Gasteiger partial charge in [0.1, 0.15) is 10.8 Å². The number of nitrogens with zero attached hydrogens (tertiary/aromatic N) is 2. The fourth-order valence-corrected chi connectivity index (χ4v) is 5.32. The van der Waals surface area contributed by atoms with E-state index in [1.807, 2.05) is 12.1 Å². The molecule has 0 spiro atoms. The molecule has 1 fully saturated rings. The summed E-state index contributed by atoms with van der Waals surface area (Å²) in [6.45, 7) is 9.39. The molecule has 32 heavy (non-hydrogen) atoms. The van der Waals surface area contributed by atoms with Crippen LogP contribution in [0.2, 0.25) is 0 Å². The predicted octanol–water partition coefficient (Wildman–Crippen LogP) is 4.89. The molecule has 0 saturated carbocycles. The number of carbonyl (C=O) groups is 1. The first-order chi connectivity index (χ1) is 15.6. The number of furan rings is 1. The Bertz CT molecular complexity index is 1020. The van der Waals surface area contributed by atoms with Gasteiger partial charge in [-0.3, -0.25) is 9.69 Å². The third-order valence-corrected chi connectivity index (χ3v) is 7.29. The van der Waals surface area contributed by atoms with Gasteiger partial charge in [-0.1, -0.05) is 32.0 Å². The number of methoxy groups -OCH3 is 1. The second-order valence-corrected chi connectivity index (χ2v) is 9.03. The third-order valence-electron chi connectivity index (χ3n) is 6.08. The molecule has 6 nitrogen and oxygen atoms in total. The van der Waals surface area contributed by atoms with Crippen LogP contribution in [0.25, 0.3) is 0 Å². The topological polar surface area (TPSA) is 58.0 Å². The summed E-state index contributed by atoms with van der Waals surface area (Å²) in [5.41, 5.74) is 2.23. The number of rotatable bonds is 8. The molecule has 1 N–H and O–H groups in total. The highest BCUT2D eigenvalue weighted by Gasteiger charge is 2.31. The summed E-state index contributed by atoms with van der Waals surface area (Å²) in [7, 11) is 1.72. The second kappa shape index (κ2) is 10.3. The molecule has 0 bridgehead atoms. The van der Waals surface area contributed by atoms with Gasteiger partial charge in [-0.05, 0) is 37.2 Å². The number of para-hydroxylation sites is 1. The van der Waals surface area contributed by atoms with Crippen LogP contribution in [0.5, 0.6) is 5.75 Å². The quantitative estimate of drug-likeness (QED) is 0.526. The molecule has 1 amide bonds. The molecule has 0 radical (unpaired) electrons. The maximum atomic E-state index is 12.8. The molecule has 4 rings (SSSR count). The Morgan fingerprint density at radius 1 is 1.12 bits per heavy atom. The molecular weight excluding hydrogens is 422 g/mol. The molecule has 1 aliphatic rings. The number of hydrogen-bond donors (Lipinski definition) is 1. The fraction of sp³-hybridized carbons (Fsp3) is 0.400. The predicted molar refractivity (Wildman–Crippen MR) is 129 cm³/mol. The van der Waals surface area contributed by atoms with Crippen molar-refractivity contribution in [1.29, 1.82) is 0 Å². The highest BCUT2D eigenvalue weighted by atomic mass is 32.1. The third kappa shape index (κ3) is 4.75. The van der Waals surface area contributed by atoms with Gasteiger partial charge in [-0.2, -0.15) is 0 Å². The SMILES string of the molecule is CCc1cc(C(c2ccccc2OC)N2CCN(CC)CC2)c(NC(=O)c2ccco2)s1. The lowest BCUT2D eigenvalue weighted by atomic mass is 9.96. The lowest BCUT2D eigenvalue weighted by Crippen LogP contribution is -2.47. The summed E-state index contributed by atoms with van der Waals surface area (Å²) in [6, 6.07) is 13.9. The first-order valence-corrected chi connectivity index (χ1v) is 12.0. The van der Waals surface area contributed by atoms with Gasteiger partial charge in [0.2, 0.25) is 0 Å². The van der Waals surface area contributed by atoms with Crippen LogP contribution in [0.1, 0.15) is 46.4 Å². The molecule has 3 heterocycles. The number of anilines is 1. The molecule has 7 heteroatoms. The fourth-order valence-electron chi connectivity index (χ4n) is 4.30. The average molecular weight is 454 g/mol. The minimum atomic E-state index is -0.227. The van der Waals surface area contributed by atoms with Gasteiger partial charge in [0.15, 0.2) is 5.76 Å². The lowest BCUT2D eigenvalue weighted by molar-refractivity contribution is 0.0995. The lowest BCUT2D eigenvalue weighted by Gasteiger charge is -2.39. The molecule has 3 aromatic rings. The molecule has 1 unspecified atom stereocenters. The van der Waals surface area contributed by atoms with Crippen LogP contribution in [-0.2, 0) is 6.42 Å². The Kier molecular flexibility index (Phi) is 7.29. The van der Waals surface area contributed by atoms with E-state index >= 15 is 0 Å². The van der Waals surface area contributed by atoms with Gasteiger partial charge in [-0.15, -0.1) is 11.3 Å². The first kappa shape index (κ1) is 22.6. The van der Waals surface area contributed by atoms with E-state index in [0.29, 0.717) is 5.76 Å². The van der Waals surface area contributed by atoms with Crippen LogP contribution >= 0.6 is 11.3 Å². The Morgan fingerprint density at radius 2 is 1.91 bits per heavy atom. The van der Waals surface area contributed by atoms with Crippen molar-refractivity contribution < 1.29 is 13.9 Å². The minimum absolute atomic E-state index is 0.00592. The van der Waals surface area contributed by atoms with Gasteiger partial charge in [0, 0.05) is 42.2 Å². The number of ether oxygens (including phenoxy) is 1. The van der Waals surface area contributed by atoms with E-state index in [-0.39, 0.29) is 11.9 Å². The van der Waals surface area contributed by atoms with Crippen molar-refractivity contribution in [2.24, 2.45) is 0 Å². The van der Waals surface area contributed by atoms with Gasteiger partial charge in [0.25, 0.3) is 5.91 Å². The largest absolute Gasteiger partial charge is 0.496 e. The molecule has 1 aromatic carbocycles. The maximum absolute atomic E-state index is 12.8. The van der Waals surface area contributed by atoms with E-state index in [1.165, 1.54) is 11.1 Å². The number of amides is 1. The summed E-state index contributed by atoms with van der Waals surface area (Å²) in [6.07, 6.45) is 2.43. The van der Waals surface area contributed by atoms with Gasteiger partial charge in [0.05, 0.1) is 19.4 Å². The molecule has 170 valence electrons. The summed E-state index contributed by atoms with van der Waals surface area (Å²) < 4.78 is 11.1. The number of likely N-dealkylation sites (N-methyl/N-ethyl adjacent to an activating group) is 1. The smallest absolute Gasteiger partial charge is 0.291 e. The van der Waals surface area contributed by atoms with Crippen molar-refractivity contribution >= 4 is 22.2 Å². The van der Waals surface area contributed by atoms with Crippen LogP contribution in [-0.4, -0.2) is 55.5 Å². The average Bonchev–Trinajstić information content (AvgIpc) is 3.51. The monoisotopic (exact) mass is 453 g/mol. The second-order valence-electron chi connectivity index (χ2n) is 7.90. The number of hydrogen-bond acceptors (Lipinski definition) is 6. The van der Waals surface area contributed by atoms with Crippen LogP contribution < -0.4 is 10.1 Å². The van der Waals surface area contributed by atoms with Gasteiger partial charge in [-0.25, -0.2) is 0 Å². The number of carbonyl (C=O) groups excluding carboxylic acids is 1. The van der Waals surface area contributed by atoms with E-state index < -0.39 is 0 Å². The van der Waals surface area contributed by atoms with E-state index in [4.69, 9.17) is 9.15 Å². The number of nitrogens with one attached hydrogen (secondary N) is 1. The normalized spacial score (nSPS) is 16.1. The highest BCUT2D eigenvalue weighted by Crippen LogP contribution is 2.42. The van der Waals surface area contributed by atoms with Crippen molar-refractivity contribution in [3.8, 4) is 5.75 Å². The Balaban J connectivity index is 1.75. The van der Waals surface area contributed by atoms with Crippen molar-refractivity contribution in [2.45, 2.75) is 26.3 Å². The standard InChI is InChI=1S/C25H31N3O3S/c1-4-18-17-20(25(32-18)26-24(29)22-11-8-16-31-22)23(19-9-6-7-10-21(19)30-3)28-14-12-27(5-2)13-15-28/h6-11,16-17,23H,4-5,12-15H2,1-3H3,(H,26,29). The van der Waals surface area contributed by atoms with E-state index in [2.05, 4.69) is 47.2 Å². The molecule has 2 aromatic heterocycles. The summed E-state index contributed by atoms with van der Waals surface area (Å²) in [5, 5.41) is 3.99. The number of piperazine rings is 1. The van der Waals surface area contributed by atoms with Crippen molar-refractivity contribution in [2.75, 3.05) is 45.2 Å². The Morgan fingerprint density at radius 3 is 2.56 bits per heavy atom. The van der Waals surface area contributed by atoms with Crippen molar-refractivity contribution in [3.05, 3.63) is 70.5 Å². The molecule has 1 saturated heterocycles. The maximum Gasteiger partial charge on any atom is 0.291 e. The van der Waals surface area contributed by atoms with E-state index in [9.17, 15) is 4.79 Å². The van der Waals surface area contributed by atoms with Gasteiger partial charge >= 0.3 is 0 Å². The zero-order valence-electron chi connectivity index (χ0n) is 19.0. The zero-order chi connectivity index (χ0) is 22.5. The molecule has 1 aliphatic heterocycles. The summed E-state index contributed by atoms with van der Waals surface area (Å²) >= 11 is 1.64. The van der Waals surface area contributed by atoms with Crippen LogP contribution in [0.15, 0.2) is 53.1 Å². The Labute approximate surface area is 193 Å². The molecule has 0 aliphatic carbocycles. The van der Waals surface area contributed by atoms with E-state index in [1.54, 1.807) is 30.6 Å². The minimum Gasteiger partial charge on any atom is -0.496 e. The summed E-state index contributed by atoms with van der Waals surface area (Å²) in [4.78, 5) is 19.0. The van der Waals surface area contributed by atoms with E-state index in [0.717, 1.165) is 61.0 Å². The molecular formula is C25H31N3O3S. The number of benzene rings is 1. The molecule has 1 atom stereocenters. The Hall–Kier alpha value is -2.61. The highest BCUT2D eigenvalue weighted by molar-refractivity contribution is 7.16. The van der Waals surface area contributed by atoms with Crippen molar-refractivity contribution in [3.63, 3.8) is 0 Å². The van der Waals surface area contributed by atoms with Crippen molar-refractivity contribution in [1.82, 2.24) is 9.80 Å². The van der Waals surface area contributed by atoms with Crippen LogP contribution in [0.4, 0.5) is 5.00 Å². The first-order valence-electron chi connectivity index (χ1n) is 11.2. The zero-order valence-corrected chi connectivity index (χ0v) is 19.8. The van der Waals surface area contributed by atoms with Gasteiger partial charge < -0.3 is 19.4 Å². The number of thiophene rings is 1.